The van der Waals surface area contributed by atoms with Crippen molar-refractivity contribution in [2.45, 2.75) is 18.9 Å². The molecule has 0 saturated heterocycles. The van der Waals surface area contributed by atoms with Crippen molar-refractivity contribution in [1.82, 2.24) is 9.55 Å². The summed E-state index contributed by atoms with van der Waals surface area (Å²) in [4.78, 5) is 14.8. The van der Waals surface area contributed by atoms with E-state index >= 15 is 0 Å². The third-order valence-electron chi connectivity index (χ3n) is 2.29. The Labute approximate surface area is 107 Å². The highest BCUT2D eigenvalue weighted by Crippen LogP contribution is 2.25. The van der Waals surface area contributed by atoms with Crippen molar-refractivity contribution in [1.29, 1.82) is 0 Å². The molecule has 0 spiro atoms. The van der Waals surface area contributed by atoms with E-state index in [0.717, 1.165) is 0 Å². The molecule has 0 unspecified atom stereocenters. The van der Waals surface area contributed by atoms with Crippen LogP contribution in [0.15, 0.2) is 16.2 Å². The highest BCUT2D eigenvalue weighted by Gasteiger charge is 2.41. The number of rotatable bonds is 3. The van der Waals surface area contributed by atoms with Crippen molar-refractivity contribution in [3.05, 3.63) is 26.6 Å². The van der Waals surface area contributed by atoms with Crippen LogP contribution in [0.1, 0.15) is 0 Å². The number of nitrogens with zero attached hydrogens (tertiary/aromatic N) is 1. The number of aromatic amines is 1. The normalized spacial score (nSPS) is 12.5. The first-order valence-electron chi connectivity index (χ1n) is 4.69. The van der Waals surface area contributed by atoms with Gasteiger partial charge in [-0.3, -0.25) is 9.36 Å². The summed E-state index contributed by atoms with van der Waals surface area (Å²) in [7, 11) is 0. The number of halogens is 4. The fourth-order valence-electron chi connectivity index (χ4n) is 1.40. The van der Waals surface area contributed by atoms with E-state index in [1.54, 1.807) is 5.38 Å². The first-order chi connectivity index (χ1) is 8.33. The molecule has 98 valence electrons. The molecule has 2 aromatic heterocycles. The molecular formula is C9H6F4N2OS2. The number of hydrogen-bond donors (Lipinski definition) is 1. The summed E-state index contributed by atoms with van der Waals surface area (Å²) in [6, 6.07) is 1.42. The van der Waals surface area contributed by atoms with Gasteiger partial charge in [0, 0.05) is 0 Å². The lowest BCUT2D eigenvalue weighted by Crippen LogP contribution is -2.37. The molecule has 1 N–H and O–H groups in total. The molecule has 0 saturated carbocycles. The first kappa shape index (κ1) is 13.2. The third-order valence-corrected chi connectivity index (χ3v) is 3.45. The second-order valence-electron chi connectivity index (χ2n) is 3.55. The van der Waals surface area contributed by atoms with Gasteiger partial charge in [-0.1, -0.05) is 0 Å². The van der Waals surface area contributed by atoms with Gasteiger partial charge in [0.05, 0.1) is 11.9 Å². The SMILES string of the molecule is O=c1c2ccsc2[nH]c(=S)n1CC(F)(F)C(F)F. The van der Waals surface area contributed by atoms with E-state index in [1.807, 2.05) is 0 Å². The molecule has 9 heteroatoms. The van der Waals surface area contributed by atoms with Gasteiger partial charge in [-0.15, -0.1) is 11.3 Å². The molecule has 0 aliphatic heterocycles. The van der Waals surface area contributed by atoms with Gasteiger partial charge in [-0.25, -0.2) is 8.78 Å². The van der Waals surface area contributed by atoms with Crippen LogP contribution in [0.25, 0.3) is 10.2 Å². The topological polar surface area (TPSA) is 37.8 Å². The van der Waals surface area contributed by atoms with Crippen LogP contribution in [0.4, 0.5) is 17.6 Å². The van der Waals surface area contributed by atoms with Crippen LogP contribution in [-0.2, 0) is 6.54 Å². The number of fused-ring (bicyclic) bond motifs is 1. The Balaban J connectivity index is 2.58. The van der Waals surface area contributed by atoms with Gasteiger partial charge in [0.1, 0.15) is 4.83 Å². The zero-order chi connectivity index (χ0) is 13.5. The summed E-state index contributed by atoms with van der Waals surface area (Å²) in [5.41, 5.74) is -0.796. The van der Waals surface area contributed by atoms with Crippen molar-refractivity contribution >= 4 is 33.8 Å². The third kappa shape index (κ3) is 2.19. The number of nitrogens with one attached hydrogen (secondary N) is 1. The molecule has 0 radical (unpaired) electrons. The molecule has 0 aliphatic rings. The zero-order valence-corrected chi connectivity index (χ0v) is 10.3. The molecule has 0 atom stereocenters. The van der Waals surface area contributed by atoms with Gasteiger partial charge in [0.25, 0.3) is 5.56 Å². The molecule has 2 rings (SSSR count). The maximum absolute atomic E-state index is 13.0. The highest BCUT2D eigenvalue weighted by atomic mass is 32.1. The van der Waals surface area contributed by atoms with Crippen molar-refractivity contribution in [3.63, 3.8) is 0 Å². The van der Waals surface area contributed by atoms with Crippen molar-refractivity contribution in [2.24, 2.45) is 0 Å². The zero-order valence-electron chi connectivity index (χ0n) is 8.62. The van der Waals surface area contributed by atoms with Crippen LogP contribution < -0.4 is 5.56 Å². The highest BCUT2D eigenvalue weighted by molar-refractivity contribution is 7.71. The molecule has 18 heavy (non-hydrogen) atoms. The van der Waals surface area contributed by atoms with E-state index in [1.165, 1.54) is 17.4 Å². The molecule has 0 bridgehead atoms. The predicted octanol–water partition coefficient (Wildman–Crippen LogP) is 3.02. The van der Waals surface area contributed by atoms with Crippen molar-refractivity contribution in [2.75, 3.05) is 0 Å². The molecule has 0 fully saturated rings. The lowest BCUT2D eigenvalue weighted by Gasteiger charge is -2.16. The second-order valence-corrected chi connectivity index (χ2v) is 4.85. The quantitative estimate of drug-likeness (QED) is 0.698. The van der Waals surface area contributed by atoms with Gasteiger partial charge in [0.2, 0.25) is 0 Å². The number of H-pyrrole nitrogens is 1. The number of aromatic nitrogens is 2. The summed E-state index contributed by atoms with van der Waals surface area (Å²) in [6.45, 7) is -1.44. The summed E-state index contributed by atoms with van der Waals surface area (Å²) >= 11 is 5.90. The minimum atomic E-state index is -4.30. The molecular weight excluding hydrogens is 292 g/mol. The number of hydrogen-bond acceptors (Lipinski definition) is 3. The van der Waals surface area contributed by atoms with Crippen molar-refractivity contribution < 1.29 is 17.6 Å². The van der Waals surface area contributed by atoms with Crippen LogP contribution >= 0.6 is 23.6 Å². The lowest BCUT2D eigenvalue weighted by atomic mass is 10.3. The van der Waals surface area contributed by atoms with Crippen molar-refractivity contribution in [3.8, 4) is 0 Å². The van der Waals surface area contributed by atoms with E-state index in [-0.39, 0.29) is 10.2 Å². The van der Waals surface area contributed by atoms with Crippen LogP contribution in [-0.4, -0.2) is 21.9 Å². The van der Waals surface area contributed by atoms with E-state index < -0.39 is 24.5 Å². The molecule has 0 amide bonds. The number of alkyl halides is 4. The standard InChI is InChI=1S/C9H6F4N2OS2/c10-7(11)9(12,13)3-15-6(16)4-1-2-18-5(4)14-8(15)17/h1-2,7H,3H2,(H,14,17). The van der Waals surface area contributed by atoms with E-state index in [4.69, 9.17) is 12.2 Å². The second kappa shape index (κ2) is 4.47. The number of thiophene rings is 1. The average Bonchev–Trinajstić information content (AvgIpc) is 2.72. The Morgan fingerprint density at radius 3 is 2.78 bits per heavy atom. The Hall–Kier alpha value is -1.22. The van der Waals surface area contributed by atoms with Crippen LogP contribution in [0.2, 0.25) is 0 Å². The summed E-state index contributed by atoms with van der Waals surface area (Å²) in [5, 5.41) is 1.73. The molecule has 2 aromatic rings. The smallest absolute Gasteiger partial charge is 0.323 e. The molecule has 3 nitrogen and oxygen atoms in total. The Morgan fingerprint density at radius 1 is 1.50 bits per heavy atom. The van der Waals surface area contributed by atoms with Gasteiger partial charge >= 0.3 is 12.3 Å². The van der Waals surface area contributed by atoms with Gasteiger partial charge in [0.15, 0.2) is 4.77 Å². The van der Waals surface area contributed by atoms with Crippen LogP contribution in [0, 0.1) is 4.77 Å². The lowest BCUT2D eigenvalue weighted by molar-refractivity contribution is -0.138. The fourth-order valence-corrected chi connectivity index (χ4v) is 2.49. The van der Waals surface area contributed by atoms with Gasteiger partial charge in [-0.2, -0.15) is 8.78 Å². The maximum atomic E-state index is 13.0. The van der Waals surface area contributed by atoms with E-state index in [2.05, 4.69) is 4.98 Å². The van der Waals surface area contributed by atoms with E-state index in [9.17, 15) is 22.4 Å². The van der Waals surface area contributed by atoms with Crippen LogP contribution in [0.5, 0.6) is 0 Å². The largest absolute Gasteiger partial charge is 0.325 e. The molecule has 2 heterocycles. The van der Waals surface area contributed by atoms with E-state index in [0.29, 0.717) is 9.40 Å². The Kier molecular flexibility index (Phi) is 3.28. The Morgan fingerprint density at radius 2 is 2.17 bits per heavy atom. The van der Waals surface area contributed by atoms with Crippen LogP contribution in [0.3, 0.4) is 0 Å². The molecule has 0 aromatic carbocycles. The predicted molar refractivity (Wildman–Crippen MR) is 62.2 cm³/mol. The minimum absolute atomic E-state index is 0.152. The minimum Gasteiger partial charge on any atom is -0.323 e. The summed E-state index contributed by atoms with van der Waals surface area (Å²) < 4.78 is 50.3. The molecule has 0 aliphatic carbocycles. The monoisotopic (exact) mass is 298 g/mol. The first-order valence-corrected chi connectivity index (χ1v) is 5.98. The summed E-state index contributed by atoms with van der Waals surface area (Å²) in [5.74, 6) is -4.30. The average molecular weight is 298 g/mol. The Bertz CT molecular complexity index is 688. The van der Waals surface area contributed by atoms with Gasteiger partial charge < -0.3 is 4.98 Å². The van der Waals surface area contributed by atoms with Gasteiger partial charge in [-0.05, 0) is 23.7 Å². The fraction of sp³-hybridized carbons (Fsp3) is 0.333. The maximum Gasteiger partial charge on any atom is 0.325 e. The summed E-state index contributed by atoms with van der Waals surface area (Å²) in [6.07, 6.45) is -3.85.